The number of fused-ring (bicyclic) bond motifs is 3. The molecule has 8 nitrogen and oxygen atoms in total. The molecule has 2 N–H and O–H groups in total. The molecule has 170 valence electrons. The Balaban J connectivity index is 1.75. The number of carboxylic acid groups (broad SMARTS) is 1. The Morgan fingerprint density at radius 1 is 1.21 bits per heavy atom. The average molecular weight is 459 g/mol. The van der Waals surface area contributed by atoms with Gasteiger partial charge < -0.3 is 20.1 Å². The van der Waals surface area contributed by atoms with E-state index in [-0.39, 0.29) is 30.2 Å². The van der Waals surface area contributed by atoms with Crippen molar-refractivity contribution < 1.29 is 37.4 Å². The van der Waals surface area contributed by atoms with Crippen LogP contribution in [0.5, 0.6) is 5.75 Å². The number of aliphatic carboxylic acids is 1. The molecule has 0 saturated heterocycles. The number of carbonyl (C=O) groups excluding carboxylic acids is 2. The van der Waals surface area contributed by atoms with Crippen molar-refractivity contribution in [2.45, 2.75) is 25.2 Å². The number of ether oxygens (including phenoxy) is 1. The van der Waals surface area contributed by atoms with Crippen LogP contribution in [0.25, 0.3) is 0 Å². The molecule has 1 unspecified atom stereocenters. The molecule has 0 spiro atoms. The summed E-state index contributed by atoms with van der Waals surface area (Å²) < 4.78 is 41.1. The van der Waals surface area contributed by atoms with E-state index >= 15 is 0 Å². The van der Waals surface area contributed by atoms with Crippen LogP contribution in [0.4, 0.5) is 24.5 Å². The number of hydrogen-bond donors (Lipinski definition) is 2. The Morgan fingerprint density at radius 3 is 2.58 bits per heavy atom. The van der Waals surface area contributed by atoms with E-state index in [0.29, 0.717) is 34.5 Å². The predicted octanol–water partition coefficient (Wildman–Crippen LogP) is 3.38. The molecule has 0 radical (unpaired) electrons. The van der Waals surface area contributed by atoms with Gasteiger partial charge in [0.05, 0.1) is 29.9 Å². The van der Waals surface area contributed by atoms with Crippen LogP contribution in [-0.4, -0.2) is 35.8 Å². The summed E-state index contributed by atoms with van der Waals surface area (Å²) >= 11 is 0. The lowest BCUT2D eigenvalue weighted by atomic mass is 9.90. The second-order valence-corrected chi connectivity index (χ2v) is 7.31. The van der Waals surface area contributed by atoms with Crippen LogP contribution in [0.2, 0.25) is 0 Å². The third-order valence-corrected chi connectivity index (χ3v) is 5.23. The minimum atomic E-state index is -4.80. The van der Waals surface area contributed by atoms with Gasteiger partial charge in [-0.25, -0.2) is 0 Å². The van der Waals surface area contributed by atoms with Crippen LogP contribution < -0.4 is 15.0 Å². The van der Waals surface area contributed by atoms with Gasteiger partial charge in [-0.3, -0.25) is 19.4 Å². The maximum atomic E-state index is 12.7. The molecular formula is C22H16F3N3O5. The van der Waals surface area contributed by atoms with Crippen LogP contribution in [0.3, 0.4) is 0 Å². The van der Waals surface area contributed by atoms with Gasteiger partial charge >= 0.3 is 12.3 Å². The van der Waals surface area contributed by atoms with Gasteiger partial charge in [0.1, 0.15) is 5.75 Å². The molecular weight excluding hydrogens is 443 g/mol. The molecule has 2 heterocycles. The molecule has 4 rings (SSSR count). The largest absolute Gasteiger partial charge is 0.573 e. The van der Waals surface area contributed by atoms with Gasteiger partial charge in [0, 0.05) is 24.0 Å². The summed E-state index contributed by atoms with van der Waals surface area (Å²) in [5.74, 6) is -2.61. The van der Waals surface area contributed by atoms with Crippen molar-refractivity contribution in [3.05, 3.63) is 65.0 Å². The number of nitrogens with one attached hydrogen (secondary N) is 1. The van der Waals surface area contributed by atoms with Crippen LogP contribution >= 0.6 is 0 Å². The van der Waals surface area contributed by atoms with Crippen molar-refractivity contribution in [3.8, 4) is 5.75 Å². The Hall–Kier alpha value is -4.15. The lowest BCUT2D eigenvalue weighted by molar-refractivity contribution is -0.274. The van der Waals surface area contributed by atoms with E-state index in [9.17, 15) is 32.7 Å². The Kier molecular flexibility index (Phi) is 5.62. The van der Waals surface area contributed by atoms with Gasteiger partial charge in [-0.1, -0.05) is 18.2 Å². The first-order valence-electron chi connectivity index (χ1n) is 9.65. The van der Waals surface area contributed by atoms with E-state index in [2.05, 4.69) is 15.0 Å². The zero-order valence-electron chi connectivity index (χ0n) is 16.8. The normalized spacial score (nSPS) is 16.7. The van der Waals surface area contributed by atoms with Crippen molar-refractivity contribution in [1.82, 2.24) is 0 Å². The van der Waals surface area contributed by atoms with Crippen molar-refractivity contribution in [3.63, 3.8) is 0 Å². The number of Topliss-reactive ketones (excluding diaryl/α,β-unsaturated/α-hetero) is 1. The standard InChI is InChI=1S/C22H16F3N3O5/c23-22(24,25)33-14-4-1-12(2-5-14)10-28-15-6-3-13(7-18(31)32)21(27-11-29)20(15)19-16(28)8-26-9-17(19)30/h1-6,8-9,11,19H,7,10H2,(H,27,29)(H,31,32). The molecule has 0 fully saturated rings. The maximum absolute atomic E-state index is 12.7. The summed E-state index contributed by atoms with van der Waals surface area (Å²) in [5.41, 5.74) is 2.70. The number of ketones is 1. The molecule has 1 atom stereocenters. The lowest BCUT2D eigenvalue weighted by Crippen LogP contribution is -2.24. The van der Waals surface area contributed by atoms with Crippen LogP contribution in [0.15, 0.2) is 53.3 Å². The first-order valence-corrected chi connectivity index (χ1v) is 9.65. The fourth-order valence-corrected chi connectivity index (χ4v) is 4.01. The van der Waals surface area contributed by atoms with Crippen LogP contribution in [0, 0.1) is 0 Å². The number of nitrogens with zero attached hydrogens (tertiary/aromatic N) is 2. The molecule has 1 amide bonds. The van der Waals surface area contributed by atoms with Crippen molar-refractivity contribution in [1.29, 1.82) is 0 Å². The number of benzene rings is 2. The number of alkyl halides is 3. The molecule has 33 heavy (non-hydrogen) atoms. The highest BCUT2D eigenvalue weighted by Crippen LogP contribution is 2.50. The smallest absolute Gasteiger partial charge is 0.481 e. The third-order valence-electron chi connectivity index (χ3n) is 5.23. The summed E-state index contributed by atoms with van der Waals surface area (Å²) in [6.45, 7) is 0.184. The van der Waals surface area contributed by atoms with Crippen molar-refractivity contribution in [2.24, 2.45) is 4.99 Å². The van der Waals surface area contributed by atoms with E-state index < -0.39 is 18.2 Å². The van der Waals surface area contributed by atoms with Crippen LogP contribution in [0.1, 0.15) is 22.6 Å². The summed E-state index contributed by atoms with van der Waals surface area (Å²) in [7, 11) is 0. The van der Waals surface area contributed by atoms with Crippen LogP contribution in [-0.2, 0) is 27.3 Å². The molecule has 0 bridgehead atoms. The monoisotopic (exact) mass is 459 g/mol. The molecule has 0 saturated carbocycles. The summed E-state index contributed by atoms with van der Waals surface area (Å²) in [5, 5.41) is 11.8. The third kappa shape index (κ3) is 4.43. The molecule has 2 aromatic rings. The number of aliphatic imine (C=N–C) groups is 1. The molecule has 2 aromatic carbocycles. The van der Waals surface area contributed by atoms with E-state index in [4.69, 9.17) is 0 Å². The molecule has 0 aromatic heterocycles. The zero-order valence-corrected chi connectivity index (χ0v) is 16.8. The van der Waals surface area contributed by atoms with Gasteiger partial charge in [0.25, 0.3) is 0 Å². The molecule has 0 aliphatic carbocycles. The SMILES string of the molecule is O=CNc1c(CC(=O)O)ccc2c1C1C(=O)C=NC=C1N2Cc1ccc(OC(F)(F)F)cc1. The highest BCUT2D eigenvalue weighted by molar-refractivity contribution is 6.33. The lowest BCUT2D eigenvalue weighted by Gasteiger charge is -2.23. The van der Waals surface area contributed by atoms with Gasteiger partial charge in [-0.15, -0.1) is 13.2 Å². The molecule has 11 heteroatoms. The summed E-state index contributed by atoms with van der Waals surface area (Å²) in [4.78, 5) is 41.0. The second-order valence-electron chi connectivity index (χ2n) is 7.31. The van der Waals surface area contributed by atoms with E-state index in [1.807, 2.05) is 0 Å². The number of halogens is 3. The van der Waals surface area contributed by atoms with Crippen molar-refractivity contribution >= 4 is 35.8 Å². The number of allylic oxidation sites excluding steroid dienone is 1. The van der Waals surface area contributed by atoms with E-state index in [0.717, 1.165) is 6.21 Å². The first kappa shape index (κ1) is 22.1. The highest BCUT2D eigenvalue weighted by atomic mass is 19.4. The van der Waals surface area contributed by atoms with E-state index in [1.54, 1.807) is 17.0 Å². The topological polar surface area (TPSA) is 108 Å². The number of hydrogen-bond acceptors (Lipinski definition) is 6. The Bertz CT molecular complexity index is 1190. The number of rotatable bonds is 7. The number of carbonyl (C=O) groups is 3. The van der Waals surface area contributed by atoms with Crippen molar-refractivity contribution in [2.75, 3.05) is 10.2 Å². The minimum absolute atomic E-state index is 0.184. The molecule has 2 aliphatic heterocycles. The number of carboxylic acids is 1. The van der Waals surface area contributed by atoms with Gasteiger partial charge in [-0.2, -0.15) is 0 Å². The average Bonchev–Trinajstić information content (AvgIpc) is 3.05. The zero-order chi connectivity index (χ0) is 23.8. The summed E-state index contributed by atoms with van der Waals surface area (Å²) in [6, 6.07) is 8.50. The van der Waals surface area contributed by atoms with Gasteiger partial charge in [0.2, 0.25) is 6.41 Å². The fraction of sp³-hybridized carbons (Fsp3) is 0.182. The Morgan fingerprint density at radius 2 is 1.94 bits per heavy atom. The first-order chi connectivity index (χ1) is 15.7. The molecule has 2 aliphatic rings. The quantitative estimate of drug-likeness (QED) is 0.615. The minimum Gasteiger partial charge on any atom is -0.481 e. The Labute approximate surface area is 185 Å². The number of anilines is 2. The second kappa shape index (κ2) is 8.41. The number of amides is 1. The van der Waals surface area contributed by atoms with Gasteiger partial charge in [0.15, 0.2) is 5.78 Å². The highest BCUT2D eigenvalue weighted by Gasteiger charge is 2.41. The van der Waals surface area contributed by atoms with Gasteiger partial charge in [-0.05, 0) is 29.3 Å². The predicted molar refractivity (Wildman–Crippen MR) is 111 cm³/mol. The summed E-state index contributed by atoms with van der Waals surface area (Å²) in [6.07, 6.45) is -2.11. The maximum Gasteiger partial charge on any atom is 0.573 e. The fourth-order valence-electron chi connectivity index (χ4n) is 4.01. The van der Waals surface area contributed by atoms with E-state index in [1.165, 1.54) is 30.5 Å².